The minimum absolute atomic E-state index is 0.0621. The quantitative estimate of drug-likeness (QED) is 0.839. The van der Waals surface area contributed by atoms with E-state index in [2.05, 4.69) is 10.4 Å². The minimum atomic E-state index is -3.78. The van der Waals surface area contributed by atoms with Gasteiger partial charge in [0.05, 0.1) is 5.56 Å². The SMILES string of the molecule is Cn1cc(C(=O)NCc2ccc(Cl)cc2)c(S(=O)(=O)N2CCCCC2)n1. The highest BCUT2D eigenvalue weighted by atomic mass is 35.5. The first-order valence-corrected chi connectivity index (χ1v) is 10.3. The van der Waals surface area contributed by atoms with Gasteiger partial charge in [-0.15, -0.1) is 0 Å². The zero-order chi connectivity index (χ0) is 18.7. The lowest BCUT2D eigenvalue weighted by molar-refractivity contribution is 0.0947. The van der Waals surface area contributed by atoms with Gasteiger partial charge in [-0.05, 0) is 30.5 Å². The van der Waals surface area contributed by atoms with Gasteiger partial charge in [0, 0.05) is 37.9 Å². The fourth-order valence-electron chi connectivity index (χ4n) is 2.92. The Morgan fingerprint density at radius 3 is 2.50 bits per heavy atom. The molecule has 1 fully saturated rings. The predicted molar refractivity (Wildman–Crippen MR) is 98.4 cm³/mol. The molecule has 0 spiro atoms. The second-order valence-electron chi connectivity index (χ2n) is 6.30. The molecule has 0 bridgehead atoms. The van der Waals surface area contributed by atoms with Crippen molar-refractivity contribution in [2.45, 2.75) is 30.8 Å². The first-order chi connectivity index (χ1) is 12.4. The van der Waals surface area contributed by atoms with Gasteiger partial charge in [0.15, 0.2) is 0 Å². The van der Waals surface area contributed by atoms with E-state index in [0.717, 1.165) is 24.8 Å². The van der Waals surface area contributed by atoms with Crippen molar-refractivity contribution in [2.75, 3.05) is 13.1 Å². The molecule has 26 heavy (non-hydrogen) atoms. The zero-order valence-electron chi connectivity index (χ0n) is 14.5. The van der Waals surface area contributed by atoms with Crippen LogP contribution in [0.5, 0.6) is 0 Å². The number of aromatic nitrogens is 2. The van der Waals surface area contributed by atoms with Crippen LogP contribution in [0.2, 0.25) is 5.02 Å². The van der Waals surface area contributed by atoms with Crippen LogP contribution >= 0.6 is 11.6 Å². The summed E-state index contributed by atoms with van der Waals surface area (Å²) in [6, 6.07) is 7.08. The molecular formula is C17H21ClN4O3S. The highest BCUT2D eigenvalue weighted by Gasteiger charge is 2.33. The molecule has 7 nitrogen and oxygen atoms in total. The summed E-state index contributed by atoms with van der Waals surface area (Å²) in [5.41, 5.74) is 0.930. The second-order valence-corrected chi connectivity index (χ2v) is 8.59. The summed E-state index contributed by atoms with van der Waals surface area (Å²) in [4.78, 5) is 12.6. The molecular weight excluding hydrogens is 376 g/mol. The first-order valence-electron chi connectivity index (χ1n) is 8.44. The lowest BCUT2D eigenvalue weighted by Crippen LogP contribution is -2.37. The molecule has 140 valence electrons. The highest BCUT2D eigenvalue weighted by Crippen LogP contribution is 2.22. The van der Waals surface area contributed by atoms with Crippen molar-refractivity contribution in [3.05, 3.63) is 46.6 Å². The van der Waals surface area contributed by atoms with Gasteiger partial charge in [0.1, 0.15) is 0 Å². The van der Waals surface area contributed by atoms with E-state index in [-0.39, 0.29) is 17.1 Å². The fourth-order valence-corrected chi connectivity index (χ4v) is 4.69. The van der Waals surface area contributed by atoms with E-state index in [9.17, 15) is 13.2 Å². The van der Waals surface area contributed by atoms with Crippen molar-refractivity contribution in [1.29, 1.82) is 0 Å². The maximum Gasteiger partial charge on any atom is 0.263 e. The normalized spacial score (nSPS) is 15.8. The molecule has 1 N–H and O–H groups in total. The summed E-state index contributed by atoms with van der Waals surface area (Å²) < 4.78 is 28.6. The number of benzene rings is 1. The van der Waals surface area contributed by atoms with Gasteiger partial charge in [-0.25, -0.2) is 8.42 Å². The van der Waals surface area contributed by atoms with E-state index < -0.39 is 15.9 Å². The number of carbonyl (C=O) groups is 1. The molecule has 0 saturated carbocycles. The second kappa shape index (κ2) is 7.77. The number of hydrogen-bond acceptors (Lipinski definition) is 4. The zero-order valence-corrected chi connectivity index (χ0v) is 16.1. The Kier molecular flexibility index (Phi) is 5.64. The Morgan fingerprint density at radius 2 is 1.85 bits per heavy atom. The van der Waals surface area contributed by atoms with Crippen molar-refractivity contribution in [3.8, 4) is 0 Å². The van der Waals surface area contributed by atoms with Crippen LogP contribution in [0, 0.1) is 0 Å². The van der Waals surface area contributed by atoms with Crippen molar-refractivity contribution in [1.82, 2.24) is 19.4 Å². The molecule has 3 rings (SSSR count). The summed E-state index contributed by atoms with van der Waals surface area (Å²) >= 11 is 5.85. The number of nitrogens with one attached hydrogen (secondary N) is 1. The standard InChI is InChI=1S/C17H21ClN4O3S/c1-21-12-15(16(23)19-11-13-5-7-14(18)8-6-13)17(20-21)26(24,25)22-9-3-2-4-10-22/h5-8,12H,2-4,9-11H2,1H3,(H,19,23). The topological polar surface area (TPSA) is 84.3 Å². The molecule has 0 aliphatic carbocycles. The molecule has 1 saturated heterocycles. The van der Waals surface area contributed by atoms with E-state index in [0.29, 0.717) is 18.1 Å². The predicted octanol–water partition coefficient (Wildman–Crippen LogP) is 2.18. The average Bonchev–Trinajstić information content (AvgIpc) is 3.04. The van der Waals surface area contributed by atoms with E-state index in [1.807, 2.05) is 0 Å². The molecule has 0 radical (unpaired) electrons. The Morgan fingerprint density at radius 1 is 1.19 bits per heavy atom. The van der Waals surface area contributed by atoms with Crippen LogP contribution in [-0.2, 0) is 23.6 Å². The van der Waals surface area contributed by atoms with Crippen LogP contribution in [0.4, 0.5) is 0 Å². The van der Waals surface area contributed by atoms with E-state index in [1.54, 1.807) is 31.3 Å². The van der Waals surface area contributed by atoms with Crippen LogP contribution in [0.1, 0.15) is 35.2 Å². The van der Waals surface area contributed by atoms with Crippen LogP contribution in [0.25, 0.3) is 0 Å². The van der Waals surface area contributed by atoms with Gasteiger partial charge >= 0.3 is 0 Å². The fraction of sp³-hybridized carbons (Fsp3) is 0.412. The van der Waals surface area contributed by atoms with Gasteiger partial charge in [-0.2, -0.15) is 9.40 Å². The van der Waals surface area contributed by atoms with Crippen molar-refractivity contribution >= 4 is 27.5 Å². The van der Waals surface area contributed by atoms with Crippen LogP contribution < -0.4 is 5.32 Å². The molecule has 2 heterocycles. The molecule has 1 aromatic carbocycles. The van der Waals surface area contributed by atoms with Crippen molar-refractivity contribution in [3.63, 3.8) is 0 Å². The monoisotopic (exact) mass is 396 g/mol. The highest BCUT2D eigenvalue weighted by molar-refractivity contribution is 7.89. The number of piperidine rings is 1. The number of amides is 1. The summed E-state index contributed by atoms with van der Waals surface area (Å²) in [5.74, 6) is -0.469. The Bertz CT molecular complexity index is 887. The number of nitrogens with zero attached hydrogens (tertiary/aromatic N) is 3. The minimum Gasteiger partial charge on any atom is -0.348 e. The van der Waals surface area contributed by atoms with Gasteiger partial charge in [0.2, 0.25) is 5.03 Å². The van der Waals surface area contributed by atoms with Gasteiger partial charge in [-0.3, -0.25) is 9.48 Å². The smallest absolute Gasteiger partial charge is 0.263 e. The van der Waals surface area contributed by atoms with Crippen LogP contribution in [-0.4, -0.2) is 41.5 Å². The Hall–Kier alpha value is -1.90. The third-order valence-electron chi connectivity index (χ3n) is 4.31. The third-order valence-corrected chi connectivity index (χ3v) is 6.39. The summed E-state index contributed by atoms with van der Waals surface area (Å²) in [6.07, 6.45) is 4.10. The molecule has 9 heteroatoms. The number of sulfonamides is 1. The maximum atomic E-state index is 12.9. The molecule has 1 amide bonds. The summed E-state index contributed by atoms with van der Waals surface area (Å²) in [7, 11) is -2.18. The van der Waals surface area contributed by atoms with Gasteiger partial charge in [-0.1, -0.05) is 30.2 Å². The third kappa shape index (κ3) is 4.08. The van der Waals surface area contributed by atoms with Crippen LogP contribution in [0.3, 0.4) is 0 Å². The first kappa shape index (κ1) is 18.9. The molecule has 0 atom stereocenters. The van der Waals surface area contributed by atoms with E-state index in [4.69, 9.17) is 11.6 Å². The number of aryl methyl sites for hydroxylation is 1. The van der Waals surface area contributed by atoms with Gasteiger partial charge in [0.25, 0.3) is 15.9 Å². The number of carbonyl (C=O) groups excluding carboxylic acids is 1. The lowest BCUT2D eigenvalue weighted by atomic mass is 10.2. The van der Waals surface area contributed by atoms with E-state index in [1.165, 1.54) is 15.2 Å². The van der Waals surface area contributed by atoms with E-state index >= 15 is 0 Å². The van der Waals surface area contributed by atoms with Crippen LogP contribution in [0.15, 0.2) is 35.5 Å². The Labute approximate surface area is 158 Å². The summed E-state index contributed by atoms with van der Waals surface area (Å²) in [5, 5.41) is 7.23. The molecule has 2 aromatic rings. The molecule has 1 aliphatic heterocycles. The average molecular weight is 397 g/mol. The van der Waals surface area contributed by atoms with Crippen molar-refractivity contribution < 1.29 is 13.2 Å². The lowest BCUT2D eigenvalue weighted by Gasteiger charge is -2.25. The number of halogens is 1. The van der Waals surface area contributed by atoms with Gasteiger partial charge < -0.3 is 5.32 Å². The number of hydrogen-bond donors (Lipinski definition) is 1. The number of rotatable bonds is 5. The maximum absolute atomic E-state index is 12.9. The Balaban J connectivity index is 1.79. The summed E-state index contributed by atoms with van der Waals surface area (Å²) in [6.45, 7) is 1.20. The molecule has 0 unspecified atom stereocenters. The largest absolute Gasteiger partial charge is 0.348 e. The van der Waals surface area contributed by atoms with Crippen molar-refractivity contribution in [2.24, 2.45) is 7.05 Å². The molecule has 1 aromatic heterocycles. The molecule has 1 aliphatic rings.